The number of pyridine rings is 1. The number of nitrogens with zero attached hydrogens (tertiary/aromatic N) is 3. The van der Waals surface area contributed by atoms with Crippen molar-refractivity contribution >= 4 is 22.6 Å². The molecule has 1 unspecified atom stereocenters. The molecule has 0 spiro atoms. The standard InChI is InChI=1S/C17H18ClN3/c1-12-3-4-15-16(11-12)21(17(20-15)13(2)18)10-7-14-5-8-19-9-6-14/h3-6,8-9,11,13H,7,10H2,1-2H3. The third kappa shape index (κ3) is 2.93. The van der Waals surface area contributed by atoms with Crippen LogP contribution in [0.4, 0.5) is 0 Å². The average Bonchev–Trinajstić information content (AvgIpc) is 2.84. The molecule has 0 fully saturated rings. The average molecular weight is 300 g/mol. The molecule has 3 rings (SSSR count). The van der Waals surface area contributed by atoms with E-state index in [1.165, 1.54) is 11.1 Å². The summed E-state index contributed by atoms with van der Waals surface area (Å²) < 4.78 is 2.24. The van der Waals surface area contributed by atoms with Crippen LogP contribution in [0.25, 0.3) is 11.0 Å². The first-order valence-electron chi connectivity index (χ1n) is 7.15. The van der Waals surface area contributed by atoms with Crippen LogP contribution in [0.5, 0.6) is 0 Å². The fourth-order valence-electron chi connectivity index (χ4n) is 2.58. The lowest BCUT2D eigenvalue weighted by Crippen LogP contribution is -2.07. The maximum atomic E-state index is 6.31. The quantitative estimate of drug-likeness (QED) is 0.673. The topological polar surface area (TPSA) is 30.7 Å². The maximum Gasteiger partial charge on any atom is 0.127 e. The molecule has 0 radical (unpaired) electrons. The molecule has 2 aromatic heterocycles. The van der Waals surface area contributed by atoms with E-state index >= 15 is 0 Å². The molecule has 0 aliphatic carbocycles. The monoisotopic (exact) mass is 299 g/mol. The van der Waals surface area contributed by atoms with Crippen molar-refractivity contribution in [2.75, 3.05) is 0 Å². The molecule has 0 aliphatic heterocycles. The van der Waals surface area contributed by atoms with Crippen LogP contribution in [0.1, 0.15) is 29.3 Å². The van der Waals surface area contributed by atoms with Crippen LogP contribution >= 0.6 is 11.6 Å². The summed E-state index contributed by atoms with van der Waals surface area (Å²) in [6.45, 7) is 4.94. The van der Waals surface area contributed by atoms with Gasteiger partial charge in [-0.2, -0.15) is 0 Å². The highest BCUT2D eigenvalue weighted by Gasteiger charge is 2.14. The summed E-state index contributed by atoms with van der Waals surface area (Å²) in [4.78, 5) is 8.74. The predicted molar refractivity (Wildman–Crippen MR) is 86.7 cm³/mol. The van der Waals surface area contributed by atoms with Crippen molar-refractivity contribution in [3.8, 4) is 0 Å². The first-order chi connectivity index (χ1) is 10.1. The number of aryl methyl sites for hydroxylation is 3. The van der Waals surface area contributed by atoms with Gasteiger partial charge in [0.15, 0.2) is 0 Å². The second-order valence-corrected chi connectivity index (χ2v) is 5.99. The lowest BCUT2D eigenvalue weighted by atomic mass is 10.2. The van der Waals surface area contributed by atoms with Crippen molar-refractivity contribution in [2.45, 2.75) is 32.2 Å². The Labute approximate surface area is 129 Å². The highest BCUT2D eigenvalue weighted by Crippen LogP contribution is 2.25. The molecule has 0 saturated carbocycles. The van der Waals surface area contributed by atoms with Crippen molar-refractivity contribution in [1.29, 1.82) is 0 Å². The van der Waals surface area contributed by atoms with Crippen molar-refractivity contribution < 1.29 is 0 Å². The minimum absolute atomic E-state index is 0.102. The van der Waals surface area contributed by atoms with Gasteiger partial charge < -0.3 is 4.57 Å². The molecule has 0 bridgehead atoms. The van der Waals surface area contributed by atoms with Crippen LogP contribution < -0.4 is 0 Å². The molecule has 0 saturated heterocycles. The van der Waals surface area contributed by atoms with E-state index in [1.54, 1.807) is 0 Å². The Kier molecular flexibility index (Phi) is 3.93. The number of hydrogen-bond donors (Lipinski definition) is 0. The smallest absolute Gasteiger partial charge is 0.127 e. The summed E-state index contributed by atoms with van der Waals surface area (Å²) in [7, 11) is 0. The van der Waals surface area contributed by atoms with Crippen molar-refractivity contribution in [3.63, 3.8) is 0 Å². The summed E-state index contributed by atoms with van der Waals surface area (Å²) in [6, 6.07) is 10.4. The Morgan fingerprint density at radius 3 is 2.67 bits per heavy atom. The third-order valence-electron chi connectivity index (χ3n) is 3.66. The van der Waals surface area contributed by atoms with Crippen molar-refractivity contribution in [3.05, 3.63) is 59.7 Å². The van der Waals surface area contributed by atoms with E-state index in [4.69, 9.17) is 11.6 Å². The number of aromatic nitrogens is 3. The van der Waals surface area contributed by atoms with Gasteiger partial charge in [0, 0.05) is 18.9 Å². The Bertz CT molecular complexity index is 747. The molecule has 3 nitrogen and oxygen atoms in total. The zero-order valence-corrected chi connectivity index (χ0v) is 13.0. The van der Waals surface area contributed by atoms with Gasteiger partial charge in [-0.25, -0.2) is 4.98 Å². The second kappa shape index (κ2) is 5.86. The molecule has 0 N–H and O–H groups in total. The molecule has 0 aliphatic rings. The summed E-state index contributed by atoms with van der Waals surface area (Å²) >= 11 is 6.31. The summed E-state index contributed by atoms with van der Waals surface area (Å²) in [5, 5.41) is -0.102. The van der Waals surface area contributed by atoms with E-state index in [2.05, 4.69) is 39.7 Å². The highest BCUT2D eigenvalue weighted by molar-refractivity contribution is 6.20. The summed E-state index contributed by atoms with van der Waals surface area (Å²) in [5.41, 5.74) is 4.68. The lowest BCUT2D eigenvalue weighted by molar-refractivity contribution is 0.668. The van der Waals surface area contributed by atoms with Gasteiger partial charge in [0.2, 0.25) is 0 Å². The van der Waals surface area contributed by atoms with E-state index in [1.807, 2.05) is 31.5 Å². The van der Waals surface area contributed by atoms with Crippen molar-refractivity contribution in [2.24, 2.45) is 0 Å². The summed E-state index contributed by atoms with van der Waals surface area (Å²) in [6.07, 6.45) is 4.60. The van der Waals surface area contributed by atoms with Crippen LogP contribution in [0.3, 0.4) is 0 Å². The van der Waals surface area contributed by atoms with Gasteiger partial charge >= 0.3 is 0 Å². The Morgan fingerprint density at radius 2 is 1.95 bits per heavy atom. The predicted octanol–water partition coefficient (Wildman–Crippen LogP) is 4.28. The largest absolute Gasteiger partial charge is 0.326 e. The number of imidazole rings is 1. The first-order valence-corrected chi connectivity index (χ1v) is 7.58. The van der Waals surface area contributed by atoms with Crippen LogP contribution in [0.15, 0.2) is 42.7 Å². The number of rotatable bonds is 4. The fraction of sp³-hybridized carbons (Fsp3) is 0.294. The number of benzene rings is 1. The molecule has 0 amide bonds. The molecule has 3 aromatic rings. The van der Waals surface area contributed by atoms with Crippen LogP contribution in [-0.4, -0.2) is 14.5 Å². The van der Waals surface area contributed by atoms with Gasteiger partial charge in [0.1, 0.15) is 5.82 Å². The molecule has 108 valence electrons. The maximum absolute atomic E-state index is 6.31. The van der Waals surface area contributed by atoms with E-state index in [0.29, 0.717) is 0 Å². The highest BCUT2D eigenvalue weighted by atomic mass is 35.5. The zero-order valence-electron chi connectivity index (χ0n) is 12.3. The molecule has 1 atom stereocenters. The fourth-order valence-corrected chi connectivity index (χ4v) is 2.75. The van der Waals surface area contributed by atoms with E-state index in [9.17, 15) is 0 Å². The zero-order chi connectivity index (χ0) is 14.8. The summed E-state index contributed by atoms with van der Waals surface area (Å²) in [5.74, 6) is 0.936. The lowest BCUT2D eigenvalue weighted by Gasteiger charge is -2.10. The van der Waals surface area contributed by atoms with Gasteiger partial charge in [0.25, 0.3) is 0 Å². The van der Waals surface area contributed by atoms with Crippen LogP contribution in [0.2, 0.25) is 0 Å². The van der Waals surface area contributed by atoms with E-state index in [-0.39, 0.29) is 5.38 Å². The number of halogens is 1. The van der Waals surface area contributed by atoms with Gasteiger partial charge in [-0.3, -0.25) is 4.98 Å². The SMILES string of the molecule is Cc1ccc2nc(C(C)Cl)n(CCc3ccncc3)c2c1. The molecule has 4 heteroatoms. The van der Waals surface area contributed by atoms with Crippen LogP contribution in [-0.2, 0) is 13.0 Å². The normalized spacial score (nSPS) is 12.7. The van der Waals surface area contributed by atoms with Gasteiger partial charge in [-0.15, -0.1) is 11.6 Å². The number of fused-ring (bicyclic) bond motifs is 1. The molecule has 1 aromatic carbocycles. The van der Waals surface area contributed by atoms with Gasteiger partial charge in [-0.05, 0) is 55.7 Å². The van der Waals surface area contributed by atoms with E-state index in [0.717, 1.165) is 29.8 Å². The van der Waals surface area contributed by atoms with Gasteiger partial charge in [0.05, 0.1) is 16.4 Å². The van der Waals surface area contributed by atoms with Gasteiger partial charge in [-0.1, -0.05) is 6.07 Å². The Morgan fingerprint density at radius 1 is 1.19 bits per heavy atom. The number of hydrogen-bond acceptors (Lipinski definition) is 2. The molecule has 21 heavy (non-hydrogen) atoms. The molecule has 2 heterocycles. The Hall–Kier alpha value is -1.87. The third-order valence-corrected chi connectivity index (χ3v) is 3.86. The first kappa shape index (κ1) is 14.1. The Balaban J connectivity index is 1.98. The van der Waals surface area contributed by atoms with Crippen molar-refractivity contribution in [1.82, 2.24) is 14.5 Å². The minimum atomic E-state index is -0.102. The van der Waals surface area contributed by atoms with Crippen LogP contribution in [0, 0.1) is 6.92 Å². The van der Waals surface area contributed by atoms with E-state index < -0.39 is 0 Å². The molecular weight excluding hydrogens is 282 g/mol. The molecular formula is C17H18ClN3. The second-order valence-electron chi connectivity index (χ2n) is 5.34. The minimum Gasteiger partial charge on any atom is -0.326 e. The number of alkyl halides is 1.